The molecule has 0 N–H and O–H groups in total. The zero-order valence-corrected chi connectivity index (χ0v) is 11.0. The van der Waals surface area contributed by atoms with Crippen molar-refractivity contribution in [2.75, 3.05) is 0 Å². The van der Waals surface area contributed by atoms with Gasteiger partial charge in [0.1, 0.15) is 8.07 Å². The summed E-state index contributed by atoms with van der Waals surface area (Å²) in [6.45, 7) is 6.96. The van der Waals surface area contributed by atoms with Crippen LogP contribution in [0.2, 0.25) is 19.6 Å². The van der Waals surface area contributed by atoms with Gasteiger partial charge in [0, 0.05) is 6.20 Å². The molecule has 0 radical (unpaired) electrons. The summed E-state index contributed by atoms with van der Waals surface area (Å²) in [7, 11) is -1.27. The Kier molecular flexibility index (Phi) is 2.95. The smallest absolute Gasteiger partial charge is 0.106 e. The molecule has 0 spiro atoms. The molecule has 0 unspecified atom stereocenters. The van der Waals surface area contributed by atoms with Crippen LogP contribution < -0.4 is 5.32 Å². The molecule has 2 rings (SSSR count). The summed E-state index contributed by atoms with van der Waals surface area (Å²) < 4.78 is 2.12. The molecule has 1 aromatic rings. The topological polar surface area (TPSA) is 30.7 Å². The number of hydrogen-bond donors (Lipinski definition) is 0. The average Bonchev–Trinajstić information content (AvgIpc) is 2.67. The molecule has 1 saturated carbocycles. The first-order chi connectivity index (χ1) is 7.07. The molecule has 1 aliphatic rings. The standard InChI is InChI=1S/C11H21N3Si/c1-15(2,3)11-9-14(13-12-11)10-7-5-4-6-8-10/h9-10H,4-8H2,1-3H3. The summed E-state index contributed by atoms with van der Waals surface area (Å²) in [6, 6.07) is 0.622. The zero-order valence-electron chi connectivity index (χ0n) is 10.0. The summed E-state index contributed by atoms with van der Waals surface area (Å²) >= 11 is 0. The van der Waals surface area contributed by atoms with E-state index in [1.54, 1.807) is 0 Å². The number of aromatic nitrogens is 3. The molecule has 1 fully saturated rings. The largest absolute Gasteiger partial charge is 0.250 e. The maximum Gasteiger partial charge on any atom is 0.106 e. The van der Waals surface area contributed by atoms with Crippen LogP contribution >= 0.6 is 0 Å². The van der Waals surface area contributed by atoms with Crippen LogP contribution in [0.4, 0.5) is 0 Å². The van der Waals surface area contributed by atoms with Crippen molar-refractivity contribution in [2.24, 2.45) is 0 Å². The summed E-state index contributed by atoms with van der Waals surface area (Å²) in [6.07, 6.45) is 8.87. The highest BCUT2D eigenvalue weighted by molar-refractivity contribution is 6.88. The van der Waals surface area contributed by atoms with E-state index < -0.39 is 8.07 Å². The minimum absolute atomic E-state index is 0.622. The predicted octanol–water partition coefficient (Wildman–Crippen LogP) is 2.33. The van der Waals surface area contributed by atoms with E-state index >= 15 is 0 Å². The third-order valence-corrected chi connectivity index (χ3v) is 4.99. The molecule has 0 aromatic carbocycles. The Labute approximate surface area is 92.9 Å². The van der Waals surface area contributed by atoms with Gasteiger partial charge in [-0.3, -0.25) is 0 Å². The summed E-state index contributed by atoms with van der Waals surface area (Å²) in [5, 5.41) is 9.89. The third-order valence-electron chi connectivity index (χ3n) is 3.23. The van der Waals surface area contributed by atoms with Crippen molar-refractivity contribution >= 4 is 13.4 Å². The summed E-state index contributed by atoms with van der Waals surface area (Å²) in [5.74, 6) is 0. The lowest BCUT2D eigenvalue weighted by Gasteiger charge is -2.21. The summed E-state index contributed by atoms with van der Waals surface area (Å²) in [4.78, 5) is 0. The minimum Gasteiger partial charge on any atom is -0.250 e. The van der Waals surface area contributed by atoms with E-state index in [1.807, 2.05) is 0 Å². The van der Waals surface area contributed by atoms with E-state index in [2.05, 4.69) is 40.8 Å². The van der Waals surface area contributed by atoms with Gasteiger partial charge in [0.05, 0.1) is 11.4 Å². The van der Waals surface area contributed by atoms with Crippen LogP contribution in [0, 0.1) is 0 Å². The van der Waals surface area contributed by atoms with Crippen LogP contribution in [0.15, 0.2) is 6.20 Å². The van der Waals surface area contributed by atoms with Crippen LogP contribution in [0.25, 0.3) is 0 Å². The maximum atomic E-state index is 4.34. The van der Waals surface area contributed by atoms with Crippen LogP contribution in [0.3, 0.4) is 0 Å². The third kappa shape index (κ3) is 2.48. The van der Waals surface area contributed by atoms with Gasteiger partial charge in [0.15, 0.2) is 0 Å². The van der Waals surface area contributed by atoms with Crippen molar-refractivity contribution in [1.82, 2.24) is 15.0 Å². The van der Waals surface area contributed by atoms with Crippen molar-refractivity contribution in [3.8, 4) is 0 Å². The van der Waals surface area contributed by atoms with Gasteiger partial charge in [-0.1, -0.05) is 44.1 Å². The quantitative estimate of drug-likeness (QED) is 0.721. The minimum atomic E-state index is -1.27. The molecule has 3 nitrogen and oxygen atoms in total. The monoisotopic (exact) mass is 223 g/mol. The van der Waals surface area contributed by atoms with Gasteiger partial charge in [-0.15, -0.1) is 5.10 Å². The molecular weight excluding hydrogens is 202 g/mol. The highest BCUT2D eigenvalue weighted by Gasteiger charge is 2.23. The van der Waals surface area contributed by atoms with Gasteiger partial charge in [-0.25, -0.2) is 4.68 Å². The Bertz CT molecular complexity index is 321. The first kappa shape index (κ1) is 10.9. The highest BCUT2D eigenvalue weighted by atomic mass is 28.3. The second-order valence-corrected chi connectivity index (χ2v) is 10.6. The van der Waals surface area contributed by atoms with E-state index in [-0.39, 0.29) is 0 Å². The molecule has 15 heavy (non-hydrogen) atoms. The average molecular weight is 223 g/mol. The molecule has 4 heteroatoms. The zero-order chi connectivity index (χ0) is 10.9. The lowest BCUT2D eigenvalue weighted by Crippen LogP contribution is -2.38. The molecule has 0 saturated heterocycles. The van der Waals surface area contributed by atoms with Gasteiger partial charge in [-0.2, -0.15) is 0 Å². The fourth-order valence-corrected chi connectivity index (χ4v) is 3.01. The molecule has 0 aliphatic heterocycles. The maximum absolute atomic E-state index is 4.34. The Morgan fingerprint density at radius 1 is 1.20 bits per heavy atom. The van der Waals surface area contributed by atoms with E-state index in [4.69, 9.17) is 0 Å². The normalized spacial score (nSPS) is 19.4. The number of nitrogens with zero attached hydrogens (tertiary/aromatic N) is 3. The Morgan fingerprint density at radius 2 is 1.87 bits per heavy atom. The van der Waals surface area contributed by atoms with Crippen molar-refractivity contribution < 1.29 is 0 Å². The fourth-order valence-electron chi connectivity index (χ4n) is 2.14. The van der Waals surface area contributed by atoms with Gasteiger partial charge in [0.2, 0.25) is 0 Å². The molecule has 0 atom stereocenters. The van der Waals surface area contributed by atoms with Crippen LogP contribution in [-0.4, -0.2) is 23.1 Å². The van der Waals surface area contributed by atoms with E-state index in [1.165, 1.54) is 37.4 Å². The molecule has 0 amide bonds. The molecule has 1 aliphatic carbocycles. The van der Waals surface area contributed by atoms with Crippen LogP contribution in [-0.2, 0) is 0 Å². The second kappa shape index (κ2) is 4.08. The first-order valence-corrected chi connectivity index (χ1v) is 9.50. The van der Waals surface area contributed by atoms with Gasteiger partial charge >= 0.3 is 0 Å². The Hall–Kier alpha value is -0.643. The van der Waals surface area contributed by atoms with Gasteiger partial charge < -0.3 is 0 Å². The lowest BCUT2D eigenvalue weighted by atomic mass is 9.96. The van der Waals surface area contributed by atoms with Crippen LogP contribution in [0.5, 0.6) is 0 Å². The molecule has 84 valence electrons. The van der Waals surface area contributed by atoms with E-state index in [0.29, 0.717) is 6.04 Å². The van der Waals surface area contributed by atoms with Gasteiger partial charge in [-0.05, 0) is 12.8 Å². The van der Waals surface area contributed by atoms with Crippen molar-refractivity contribution in [1.29, 1.82) is 0 Å². The Balaban J connectivity index is 2.12. The second-order valence-electron chi connectivity index (χ2n) is 5.63. The summed E-state index contributed by atoms with van der Waals surface area (Å²) in [5.41, 5.74) is 0. The van der Waals surface area contributed by atoms with Gasteiger partial charge in [0.25, 0.3) is 0 Å². The molecule has 1 aromatic heterocycles. The van der Waals surface area contributed by atoms with E-state index in [9.17, 15) is 0 Å². The first-order valence-electron chi connectivity index (χ1n) is 6.00. The Morgan fingerprint density at radius 3 is 2.40 bits per heavy atom. The number of rotatable bonds is 2. The number of hydrogen-bond acceptors (Lipinski definition) is 2. The SMILES string of the molecule is C[Si](C)(C)c1cn(C2CCCCC2)nn1. The van der Waals surface area contributed by atoms with Crippen LogP contribution in [0.1, 0.15) is 38.1 Å². The lowest BCUT2D eigenvalue weighted by molar-refractivity contribution is 0.324. The molecular formula is C11H21N3Si. The highest BCUT2D eigenvalue weighted by Crippen LogP contribution is 2.26. The van der Waals surface area contributed by atoms with Crippen molar-refractivity contribution in [2.45, 2.75) is 57.8 Å². The fraction of sp³-hybridized carbons (Fsp3) is 0.818. The van der Waals surface area contributed by atoms with Crippen molar-refractivity contribution in [3.63, 3.8) is 0 Å². The molecule has 1 heterocycles. The van der Waals surface area contributed by atoms with E-state index in [0.717, 1.165) is 0 Å². The van der Waals surface area contributed by atoms with Crippen molar-refractivity contribution in [3.05, 3.63) is 6.20 Å². The molecule has 0 bridgehead atoms. The predicted molar refractivity (Wildman–Crippen MR) is 65.1 cm³/mol.